The summed E-state index contributed by atoms with van der Waals surface area (Å²) in [4.78, 5) is 17.6. The van der Waals surface area contributed by atoms with E-state index in [4.69, 9.17) is 15.3 Å². The lowest BCUT2D eigenvalue weighted by Gasteiger charge is -2.26. The monoisotopic (exact) mass is 201 g/mol. The number of nitrogens with two attached hydrogens (primary N) is 1. The molecule has 0 saturated heterocycles. The molecule has 3 heteroatoms. The Morgan fingerprint density at radius 3 is 1.79 bits per heavy atom. The molecule has 1 atom stereocenters. The van der Waals surface area contributed by atoms with E-state index in [0.29, 0.717) is 6.04 Å². The molecule has 1 fully saturated rings. The molecule has 0 radical (unpaired) electrons. The van der Waals surface area contributed by atoms with E-state index in [9.17, 15) is 0 Å². The van der Waals surface area contributed by atoms with Gasteiger partial charge in [0.05, 0.1) is 0 Å². The SMILES string of the molecule is CC.CC(N)CC1CCC1.O=CC=O. The Balaban J connectivity index is 0. The Hall–Kier alpha value is -0.700. The molecule has 1 rings (SSSR count). The van der Waals surface area contributed by atoms with Gasteiger partial charge < -0.3 is 5.73 Å². The van der Waals surface area contributed by atoms with E-state index in [1.54, 1.807) is 0 Å². The van der Waals surface area contributed by atoms with E-state index < -0.39 is 0 Å². The Morgan fingerprint density at radius 1 is 1.29 bits per heavy atom. The molecule has 0 aromatic heterocycles. The quantitative estimate of drug-likeness (QED) is 0.560. The van der Waals surface area contributed by atoms with Crippen LogP contribution in [0.5, 0.6) is 0 Å². The molecule has 3 nitrogen and oxygen atoms in total. The van der Waals surface area contributed by atoms with Crippen LogP contribution in [0.15, 0.2) is 0 Å². The summed E-state index contributed by atoms with van der Waals surface area (Å²) in [7, 11) is 0. The highest BCUT2D eigenvalue weighted by atomic mass is 16.2. The van der Waals surface area contributed by atoms with Gasteiger partial charge in [-0.2, -0.15) is 0 Å². The van der Waals surface area contributed by atoms with Crippen LogP contribution in [0.2, 0.25) is 0 Å². The third kappa shape index (κ3) is 11.3. The highest BCUT2D eigenvalue weighted by Gasteiger charge is 2.17. The summed E-state index contributed by atoms with van der Waals surface area (Å²) in [5.41, 5.74) is 5.60. The van der Waals surface area contributed by atoms with Crippen LogP contribution in [0.25, 0.3) is 0 Å². The van der Waals surface area contributed by atoms with Crippen LogP contribution in [0, 0.1) is 5.92 Å². The number of hydrogen-bond donors (Lipinski definition) is 1. The van der Waals surface area contributed by atoms with Crippen molar-refractivity contribution >= 4 is 12.6 Å². The molecule has 0 amide bonds. The zero-order valence-corrected chi connectivity index (χ0v) is 9.53. The first-order valence-corrected chi connectivity index (χ1v) is 5.35. The molecule has 14 heavy (non-hydrogen) atoms. The van der Waals surface area contributed by atoms with Crippen LogP contribution in [-0.4, -0.2) is 18.6 Å². The minimum atomic E-state index is 0.194. The van der Waals surface area contributed by atoms with Gasteiger partial charge in [0.25, 0.3) is 0 Å². The van der Waals surface area contributed by atoms with Gasteiger partial charge in [0.1, 0.15) is 0 Å². The average Bonchev–Trinajstić information content (AvgIpc) is 2.15. The van der Waals surface area contributed by atoms with Gasteiger partial charge in [-0.1, -0.05) is 33.1 Å². The Morgan fingerprint density at radius 2 is 1.71 bits per heavy atom. The third-order valence-electron chi connectivity index (χ3n) is 1.99. The summed E-state index contributed by atoms with van der Waals surface area (Å²) in [5.74, 6) is 0.981. The standard InChI is InChI=1S/C7H15N.C2H2O2.C2H6/c1-6(8)5-7-3-2-4-7;3-1-2-4;1-2/h6-7H,2-5,8H2,1H3;1-2H;1-2H3. The summed E-state index contributed by atoms with van der Waals surface area (Å²) in [6, 6.07) is 0.431. The van der Waals surface area contributed by atoms with Crippen molar-refractivity contribution in [2.45, 2.75) is 52.5 Å². The Kier molecular flexibility index (Phi) is 13.8. The molecule has 0 heterocycles. The molecule has 0 aromatic carbocycles. The summed E-state index contributed by atoms with van der Waals surface area (Å²) in [5, 5.41) is 0. The van der Waals surface area contributed by atoms with E-state index in [-0.39, 0.29) is 12.6 Å². The van der Waals surface area contributed by atoms with E-state index in [0.717, 1.165) is 5.92 Å². The second-order valence-corrected chi connectivity index (χ2v) is 3.28. The molecule has 1 aliphatic carbocycles. The number of hydrogen-bond acceptors (Lipinski definition) is 3. The predicted molar refractivity (Wildman–Crippen MR) is 59.1 cm³/mol. The van der Waals surface area contributed by atoms with Crippen molar-refractivity contribution in [3.8, 4) is 0 Å². The maximum atomic E-state index is 8.81. The van der Waals surface area contributed by atoms with Crippen LogP contribution < -0.4 is 5.73 Å². The largest absolute Gasteiger partial charge is 0.328 e. The first-order valence-electron chi connectivity index (χ1n) is 5.35. The number of carbonyl (C=O) groups is 2. The summed E-state index contributed by atoms with van der Waals surface area (Å²) >= 11 is 0. The fraction of sp³-hybridized carbons (Fsp3) is 0.818. The van der Waals surface area contributed by atoms with Gasteiger partial charge in [0.2, 0.25) is 0 Å². The molecule has 0 bridgehead atoms. The average molecular weight is 201 g/mol. The van der Waals surface area contributed by atoms with E-state index in [1.165, 1.54) is 25.7 Å². The van der Waals surface area contributed by atoms with Crippen molar-refractivity contribution in [2.75, 3.05) is 0 Å². The molecule has 2 N–H and O–H groups in total. The second-order valence-electron chi connectivity index (χ2n) is 3.28. The zero-order valence-electron chi connectivity index (χ0n) is 9.53. The van der Waals surface area contributed by atoms with Crippen LogP contribution >= 0.6 is 0 Å². The first kappa shape index (κ1) is 15.8. The zero-order chi connectivity index (χ0) is 11.4. The van der Waals surface area contributed by atoms with Crippen molar-refractivity contribution in [3.05, 3.63) is 0 Å². The van der Waals surface area contributed by atoms with E-state index in [2.05, 4.69) is 6.92 Å². The molecule has 1 saturated carbocycles. The van der Waals surface area contributed by atoms with Crippen LogP contribution in [0.1, 0.15) is 46.5 Å². The predicted octanol–water partition coefficient (Wildman–Crippen LogP) is 1.93. The lowest BCUT2D eigenvalue weighted by molar-refractivity contribution is -0.122. The Bertz CT molecular complexity index is 125. The highest BCUT2D eigenvalue weighted by Crippen LogP contribution is 2.29. The van der Waals surface area contributed by atoms with Crippen molar-refractivity contribution in [1.82, 2.24) is 0 Å². The minimum Gasteiger partial charge on any atom is -0.328 e. The molecule has 84 valence electrons. The van der Waals surface area contributed by atoms with Crippen LogP contribution in [0.4, 0.5) is 0 Å². The van der Waals surface area contributed by atoms with Gasteiger partial charge in [-0.15, -0.1) is 0 Å². The summed E-state index contributed by atoms with van der Waals surface area (Å²) < 4.78 is 0. The van der Waals surface area contributed by atoms with Crippen LogP contribution in [-0.2, 0) is 9.59 Å². The van der Waals surface area contributed by atoms with Crippen molar-refractivity contribution in [3.63, 3.8) is 0 Å². The summed E-state index contributed by atoms with van der Waals surface area (Å²) in [6.07, 6.45) is 5.94. The van der Waals surface area contributed by atoms with Gasteiger partial charge in [0, 0.05) is 6.04 Å². The van der Waals surface area contributed by atoms with Crippen molar-refractivity contribution < 1.29 is 9.59 Å². The van der Waals surface area contributed by atoms with E-state index >= 15 is 0 Å². The van der Waals surface area contributed by atoms with Gasteiger partial charge in [0.15, 0.2) is 12.6 Å². The third-order valence-corrected chi connectivity index (χ3v) is 1.99. The maximum absolute atomic E-state index is 8.81. The van der Waals surface area contributed by atoms with Gasteiger partial charge >= 0.3 is 0 Å². The van der Waals surface area contributed by atoms with Crippen molar-refractivity contribution in [2.24, 2.45) is 11.7 Å². The second kappa shape index (κ2) is 12.3. The summed E-state index contributed by atoms with van der Waals surface area (Å²) in [6.45, 7) is 6.10. The van der Waals surface area contributed by atoms with Crippen molar-refractivity contribution in [1.29, 1.82) is 0 Å². The maximum Gasteiger partial charge on any atom is 0.182 e. The number of aldehydes is 2. The molecule has 0 spiro atoms. The fourth-order valence-corrected chi connectivity index (χ4v) is 1.25. The van der Waals surface area contributed by atoms with Gasteiger partial charge in [-0.25, -0.2) is 0 Å². The molecule has 0 aliphatic heterocycles. The Labute approximate surface area is 87.1 Å². The lowest BCUT2D eigenvalue weighted by Crippen LogP contribution is -2.23. The number of rotatable bonds is 3. The van der Waals surface area contributed by atoms with Gasteiger partial charge in [-0.3, -0.25) is 9.59 Å². The van der Waals surface area contributed by atoms with Gasteiger partial charge in [-0.05, 0) is 19.3 Å². The number of carbonyl (C=O) groups excluding carboxylic acids is 2. The lowest BCUT2D eigenvalue weighted by atomic mass is 9.81. The van der Waals surface area contributed by atoms with E-state index in [1.807, 2.05) is 13.8 Å². The molecule has 1 unspecified atom stereocenters. The molecule has 1 aliphatic rings. The smallest absolute Gasteiger partial charge is 0.182 e. The molecular formula is C11H23NO2. The molecule has 0 aromatic rings. The topological polar surface area (TPSA) is 60.2 Å². The van der Waals surface area contributed by atoms with Crippen LogP contribution in [0.3, 0.4) is 0 Å². The normalized spacial score (nSPS) is 16.0. The fourth-order valence-electron chi connectivity index (χ4n) is 1.25. The first-order chi connectivity index (χ1) is 6.70. The molecular weight excluding hydrogens is 178 g/mol. The minimum absolute atomic E-state index is 0.194. The highest BCUT2D eigenvalue weighted by molar-refractivity contribution is 6.09.